The molecule has 0 radical (unpaired) electrons. The Labute approximate surface area is 90.0 Å². The smallest absolute Gasteiger partial charge is 0.341 e. The molecule has 82 valence electrons. The third-order valence-electron chi connectivity index (χ3n) is 2.16. The summed E-state index contributed by atoms with van der Waals surface area (Å²) >= 11 is 0. The third kappa shape index (κ3) is 2.72. The summed E-state index contributed by atoms with van der Waals surface area (Å²) in [4.78, 5) is 11.4. The monoisotopic (exact) mass is 208 g/mol. The molecule has 0 aliphatic carbocycles. The van der Waals surface area contributed by atoms with Crippen LogP contribution in [-0.2, 0) is 11.2 Å². The fourth-order valence-electron chi connectivity index (χ4n) is 1.34. The molecule has 3 nitrogen and oxygen atoms in total. The van der Waals surface area contributed by atoms with Crippen molar-refractivity contribution in [3.05, 3.63) is 29.3 Å². The van der Waals surface area contributed by atoms with E-state index in [2.05, 4.69) is 11.7 Å². The van der Waals surface area contributed by atoms with Crippen LogP contribution in [0.25, 0.3) is 0 Å². The van der Waals surface area contributed by atoms with Gasteiger partial charge in [-0.25, -0.2) is 4.79 Å². The van der Waals surface area contributed by atoms with Gasteiger partial charge in [-0.15, -0.1) is 0 Å². The average molecular weight is 208 g/mol. The molecule has 0 N–H and O–H groups in total. The SMILES string of the molecule is CCOc1cc(CC)ccc1C(=O)OC. The Morgan fingerprint density at radius 2 is 2.07 bits per heavy atom. The van der Waals surface area contributed by atoms with Crippen LogP contribution in [-0.4, -0.2) is 19.7 Å². The number of carbonyl (C=O) groups is 1. The minimum atomic E-state index is -0.360. The first kappa shape index (κ1) is 11.6. The second-order valence-corrected chi connectivity index (χ2v) is 3.11. The lowest BCUT2D eigenvalue weighted by molar-refractivity contribution is 0.0596. The van der Waals surface area contributed by atoms with Crippen LogP contribution < -0.4 is 4.74 Å². The van der Waals surface area contributed by atoms with Crippen LogP contribution in [0.2, 0.25) is 0 Å². The minimum absolute atomic E-state index is 0.360. The van der Waals surface area contributed by atoms with Crippen molar-refractivity contribution >= 4 is 5.97 Å². The van der Waals surface area contributed by atoms with Crippen LogP contribution in [0.3, 0.4) is 0 Å². The average Bonchev–Trinajstić information content (AvgIpc) is 2.28. The van der Waals surface area contributed by atoms with Crippen molar-refractivity contribution < 1.29 is 14.3 Å². The highest BCUT2D eigenvalue weighted by Crippen LogP contribution is 2.21. The van der Waals surface area contributed by atoms with Crippen LogP contribution in [0.5, 0.6) is 5.75 Å². The van der Waals surface area contributed by atoms with Crippen molar-refractivity contribution in [1.82, 2.24) is 0 Å². The summed E-state index contributed by atoms with van der Waals surface area (Å²) in [5.74, 6) is 0.241. The molecular formula is C12H16O3. The molecule has 0 saturated heterocycles. The van der Waals surface area contributed by atoms with Gasteiger partial charge in [-0.1, -0.05) is 13.0 Å². The molecule has 1 aromatic rings. The zero-order valence-corrected chi connectivity index (χ0v) is 9.37. The van der Waals surface area contributed by atoms with Crippen molar-refractivity contribution in [2.75, 3.05) is 13.7 Å². The van der Waals surface area contributed by atoms with Gasteiger partial charge in [0.25, 0.3) is 0 Å². The molecule has 0 bridgehead atoms. The highest BCUT2D eigenvalue weighted by atomic mass is 16.5. The van der Waals surface area contributed by atoms with Gasteiger partial charge in [-0.3, -0.25) is 0 Å². The zero-order valence-electron chi connectivity index (χ0n) is 9.37. The number of rotatable bonds is 4. The van der Waals surface area contributed by atoms with E-state index < -0.39 is 0 Å². The number of hydrogen-bond acceptors (Lipinski definition) is 3. The number of carbonyl (C=O) groups excluding carboxylic acids is 1. The maximum atomic E-state index is 11.4. The van der Waals surface area contributed by atoms with Gasteiger partial charge in [-0.2, -0.15) is 0 Å². The van der Waals surface area contributed by atoms with Gasteiger partial charge < -0.3 is 9.47 Å². The predicted octanol–water partition coefficient (Wildman–Crippen LogP) is 2.43. The van der Waals surface area contributed by atoms with Gasteiger partial charge in [0.05, 0.1) is 13.7 Å². The fourth-order valence-corrected chi connectivity index (χ4v) is 1.34. The molecule has 0 unspecified atom stereocenters. The van der Waals surface area contributed by atoms with Crippen molar-refractivity contribution in [2.45, 2.75) is 20.3 Å². The summed E-state index contributed by atoms with van der Waals surface area (Å²) in [5, 5.41) is 0. The van der Waals surface area contributed by atoms with Gasteiger partial charge in [0.2, 0.25) is 0 Å². The molecule has 1 rings (SSSR count). The molecule has 0 atom stereocenters. The van der Waals surface area contributed by atoms with Crippen molar-refractivity contribution in [3.8, 4) is 5.75 Å². The number of methoxy groups -OCH3 is 1. The molecule has 15 heavy (non-hydrogen) atoms. The summed E-state index contributed by atoms with van der Waals surface area (Å²) in [5.41, 5.74) is 1.63. The van der Waals surface area contributed by atoms with E-state index in [1.54, 1.807) is 6.07 Å². The lowest BCUT2D eigenvalue weighted by Crippen LogP contribution is -2.06. The second kappa shape index (κ2) is 5.39. The lowest BCUT2D eigenvalue weighted by Gasteiger charge is -2.09. The number of aryl methyl sites for hydroxylation is 1. The number of hydrogen-bond donors (Lipinski definition) is 0. The van der Waals surface area contributed by atoms with Crippen molar-refractivity contribution in [3.63, 3.8) is 0 Å². The maximum absolute atomic E-state index is 11.4. The van der Waals surface area contributed by atoms with Gasteiger partial charge in [0, 0.05) is 0 Å². The highest BCUT2D eigenvalue weighted by molar-refractivity contribution is 5.92. The Kier molecular flexibility index (Phi) is 4.16. The molecular weight excluding hydrogens is 192 g/mol. The number of benzene rings is 1. The molecule has 0 aliphatic heterocycles. The maximum Gasteiger partial charge on any atom is 0.341 e. The first-order valence-electron chi connectivity index (χ1n) is 5.07. The van der Waals surface area contributed by atoms with Gasteiger partial charge >= 0.3 is 5.97 Å². The van der Waals surface area contributed by atoms with Gasteiger partial charge in [0.15, 0.2) is 0 Å². The fraction of sp³-hybridized carbons (Fsp3) is 0.417. The summed E-state index contributed by atoms with van der Waals surface area (Å²) in [6.45, 7) is 4.49. The van der Waals surface area contributed by atoms with E-state index in [0.29, 0.717) is 17.9 Å². The van der Waals surface area contributed by atoms with Crippen molar-refractivity contribution in [2.24, 2.45) is 0 Å². The lowest BCUT2D eigenvalue weighted by atomic mass is 10.1. The molecule has 0 aromatic heterocycles. The standard InChI is InChI=1S/C12H16O3/c1-4-9-6-7-10(12(13)14-3)11(8-9)15-5-2/h6-8H,4-5H2,1-3H3. The Morgan fingerprint density at radius 3 is 2.60 bits per heavy atom. The van der Waals surface area contributed by atoms with Gasteiger partial charge in [0.1, 0.15) is 11.3 Å². The molecule has 3 heteroatoms. The normalized spacial score (nSPS) is 9.80. The van der Waals surface area contributed by atoms with E-state index in [0.717, 1.165) is 12.0 Å². The van der Waals surface area contributed by atoms with E-state index in [9.17, 15) is 4.79 Å². The Hall–Kier alpha value is -1.51. The molecule has 0 aliphatic rings. The largest absolute Gasteiger partial charge is 0.493 e. The van der Waals surface area contributed by atoms with Gasteiger partial charge in [-0.05, 0) is 31.0 Å². The minimum Gasteiger partial charge on any atom is -0.493 e. The summed E-state index contributed by atoms with van der Waals surface area (Å²) in [7, 11) is 1.37. The van der Waals surface area contributed by atoms with Crippen LogP contribution in [0.1, 0.15) is 29.8 Å². The first-order valence-corrected chi connectivity index (χ1v) is 5.07. The topological polar surface area (TPSA) is 35.5 Å². The quantitative estimate of drug-likeness (QED) is 0.713. The Balaban J connectivity index is 3.08. The van der Waals surface area contributed by atoms with Crippen LogP contribution in [0.4, 0.5) is 0 Å². The molecule has 0 heterocycles. The number of ether oxygens (including phenoxy) is 2. The van der Waals surface area contributed by atoms with Crippen LogP contribution in [0.15, 0.2) is 18.2 Å². The molecule has 0 fully saturated rings. The van der Waals surface area contributed by atoms with E-state index >= 15 is 0 Å². The van der Waals surface area contributed by atoms with Crippen molar-refractivity contribution in [1.29, 1.82) is 0 Å². The zero-order chi connectivity index (χ0) is 11.3. The molecule has 0 amide bonds. The summed E-state index contributed by atoms with van der Waals surface area (Å²) in [6.07, 6.45) is 0.918. The number of esters is 1. The van der Waals surface area contributed by atoms with E-state index in [-0.39, 0.29) is 5.97 Å². The highest BCUT2D eigenvalue weighted by Gasteiger charge is 2.12. The van der Waals surface area contributed by atoms with Crippen LogP contribution >= 0.6 is 0 Å². The molecule has 0 saturated carbocycles. The Bertz CT molecular complexity index is 345. The predicted molar refractivity (Wildman–Crippen MR) is 58.3 cm³/mol. The van der Waals surface area contributed by atoms with E-state index in [4.69, 9.17) is 4.74 Å². The Morgan fingerprint density at radius 1 is 1.33 bits per heavy atom. The van der Waals surface area contributed by atoms with E-state index in [1.807, 2.05) is 19.1 Å². The molecule has 0 spiro atoms. The van der Waals surface area contributed by atoms with Crippen LogP contribution in [0, 0.1) is 0 Å². The second-order valence-electron chi connectivity index (χ2n) is 3.11. The molecule has 1 aromatic carbocycles. The van der Waals surface area contributed by atoms with E-state index in [1.165, 1.54) is 7.11 Å². The summed E-state index contributed by atoms with van der Waals surface area (Å²) < 4.78 is 10.1. The third-order valence-corrected chi connectivity index (χ3v) is 2.16. The first-order chi connectivity index (χ1) is 7.22. The summed E-state index contributed by atoms with van der Waals surface area (Å²) in [6, 6.07) is 5.54.